The quantitative estimate of drug-likeness (QED) is 0.681. The molecule has 0 spiro atoms. The number of rotatable bonds is 2. The zero-order valence-corrected chi connectivity index (χ0v) is 8.32. The summed E-state index contributed by atoms with van der Waals surface area (Å²) >= 11 is 0. The lowest BCUT2D eigenvalue weighted by atomic mass is 10.0. The first-order valence-electron chi connectivity index (χ1n) is 4.65. The Morgan fingerprint density at radius 2 is 2.23 bits per heavy atom. The summed E-state index contributed by atoms with van der Waals surface area (Å²) in [6, 6.07) is 0.223. The molecule has 1 aromatic rings. The second kappa shape index (κ2) is 2.47. The van der Waals surface area contributed by atoms with Crippen LogP contribution in [0.1, 0.15) is 32.7 Å². The van der Waals surface area contributed by atoms with Gasteiger partial charge in [0.25, 0.3) is 0 Å². The van der Waals surface area contributed by atoms with Crippen molar-refractivity contribution in [2.75, 3.05) is 0 Å². The highest BCUT2D eigenvalue weighted by atomic mass is 16.2. The standard InChI is InChI=1S/C9H15N3O/c1-7(9(2)4-5-9)12-8(13)11(3)6-10-12/h6-7H,4-5H2,1-3H3. The van der Waals surface area contributed by atoms with Crippen LogP contribution in [-0.4, -0.2) is 14.3 Å². The SMILES string of the molecule is CC(n1ncn(C)c1=O)C1(C)CC1. The summed E-state index contributed by atoms with van der Waals surface area (Å²) in [7, 11) is 1.73. The van der Waals surface area contributed by atoms with Gasteiger partial charge in [-0.15, -0.1) is 0 Å². The topological polar surface area (TPSA) is 39.8 Å². The Morgan fingerprint density at radius 3 is 2.62 bits per heavy atom. The number of nitrogens with zero attached hydrogens (tertiary/aromatic N) is 3. The number of aryl methyl sites for hydroxylation is 1. The van der Waals surface area contributed by atoms with Gasteiger partial charge in [0.2, 0.25) is 0 Å². The fraction of sp³-hybridized carbons (Fsp3) is 0.778. The highest BCUT2D eigenvalue weighted by molar-refractivity contribution is 4.95. The van der Waals surface area contributed by atoms with E-state index in [1.54, 1.807) is 18.1 Å². The molecule has 0 saturated heterocycles. The van der Waals surface area contributed by atoms with E-state index in [0.29, 0.717) is 5.41 Å². The van der Waals surface area contributed by atoms with Gasteiger partial charge in [0.15, 0.2) is 0 Å². The maximum absolute atomic E-state index is 11.5. The summed E-state index contributed by atoms with van der Waals surface area (Å²) in [5.74, 6) is 0. The largest absolute Gasteiger partial charge is 0.345 e. The molecular weight excluding hydrogens is 166 g/mol. The van der Waals surface area contributed by atoms with Gasteiger partial charge in [-0.3, -0.25) is 4.57 Å². The van der Waals surface area contributed by atoms with E-state index < -0.39 is 0 Å². The maximum Gasteiger partial charge on any atom is 0.345 e. The van der Waals surface area contributed by atoms with E-state index in [2.05, 4.69) is 18.9 Å². The molecule has 0 N–H and O–H groups in total. The van der Waals surface area contributed by atoms with E-state index in [4.69, 9.17) is 0 Å². The van der Waals surface area contributed by atoms with Crippen molar-refractivity contribution in [3.8, 4) is 0 Å². The minimum absolute atomic E-state index is 0.0133. The van der Waals surface area contributed by atoms with Crippen molar-refractivity contribution in [3.63, 3.8) is 0 Å². The molecule has 0 aliphatic heterocycles. The average molecular weight is 181 g/mol. The van der Waals surface area contributed by atoms with Gasteiger partial charge in [0.1, 0.15) is 6.33 Å². The fourth-order valence-corrected chi connectivity index (χ4v) is 1.57. The van der Waals surface area contributed by atoms with Crippen molar-refractivity contribution >= 4 is 0 Å². The molecule has 0 bridgehead atoms. The highest BCUT2D eigenvalue weighted by Gasteiger charge is 2.44. The predicted octanol–water partition coefficient (Wildman–Crippen LogP) is 0.943. The van der Waals surface area contributed by atoms with Crippen LogP contribution in [0.5, 0.6) is 0 Å². The summed E-state index contributed by atoms with van der Waals surface area (Å²) in [4.78, 5) is 11.5. The Kier molecular flexibility index (Phi) is 1.62. The second-order valence-corrected chi connectivity index (χ2v) is 4.30. The Bertz CT molecular complexity index is 372. The molecule has 1 atom stereocenters. The Balaban J connectivity index is 2.35. The molecular formula is C9H15N3O. The van der Waals surface area contributed by atoms with E-state index in [9.17, 15) is 4.79 Å². The van der Waals surface area contributed by atoms with Crippen LogP contribution < -0.4 is 5.69 Å². The molecule has 13 heavy (non-hydrogen) atoms. The number of aromatic nitrogens is 3. The van der Waals surface area contributed by atoms with E-state index in [1.165, 1.54) is 17.4 Å². The zero-order chi connectivity index (χ0) is 9.64. The minimum atomic E-state index is -0.0133. The number of hydrogen-bond donors (Lipinski definition) is 0. The molecule has 1 fully saturated rings. The molecule has 1 heterocycles. The van der Waals surface area contributed by atoms with Crippen LogP contribution in [0.15, 0.2) is 11.1 Å². The van der Waals surface area contributed by atoms with Crippen molar-refractivity contribution in [2.24, 2.45) is 12.5 Å². The van der Waals surface area contributed by atoms with Gasteiger partial charge < -0.3 is 0 Å². The van der Waals surface area contributed by atoms with Crippen LogP contribution in [0.25, 0.3) is 0 Å². The van der Waals surface area contributed by atoms with Crippen molar-refractivity contribution in [1.82, 2.24) is 14.3 Å². The van der Waals surface area contributed by atoms with E-state index in [0.717, 1.165) is 0 Å². The van der Waals surface area contributed by atoms with Crippen LogP contribution in [0, 0.1) is 5.41 Å². The third-order valence-corrected chi connectivity index (χ3v) is 3.26. The Labute approximate surface area is 77.2 Å². The van der Waals surface area contributed by atoms with Crippen molar-refractivity contribution in [3.05, 3.63) is 16.8 Å². The summed E-state index contributed by atoms with van der Waals surface area (Å²) in [5, 5.41) is 4.09. The van der Waals surface area contributed by atoms with Gasteiger partial charge >= 0.3 is 5.69 Å². The number of hydrogen-bond acceptors (Lipinski definition) is 2. The summed E-state index contributed by atoms with van der Waals surface area (Å²) in [6.07, 6.45) is 3.99. The first-order valence-corrected chi connectivity index (χ1v) is 4.65. The monoisotopic (exact) mass is 181 g/mol. The molecule has 0 amide bonds. The highest BCUT2D eigenvalue weighted by Crippen LogP contribution is 2.52. The lowest BCUT2D eigenvalue weighted by Crippen LogP contribution is -2.29. The Hall–Kier alpha value is -1.06. The Morgan fingerprint density at radius 1 is 1.62 bits per heavy atom. The third-order valence-electron chi connectivity index (χ3n) is 3.26. The molecule has 1 aliphatic rings. The summed E-state index contributed by atoms with van der Waals surface area (Å²) in [6.45, 7) is 4.28. The molecule has 0 radical (unpaired) electrons. The van der Waals surface area contributed by atoms with Gasteiger partial charge in [0.05, 0.1) is 6.04 Å². The average Bonchev–Trinajstić information content (AvgIpc) is 2.76. The van der Waals surface area contributed by atoms with Crippen LogP contribution in [0.4, 0.5) is 0 Å². The normalized spacial score (nSPS) is 21.5. The first kappa shape index (κ1) is 8.53. The smallest absolute Gasteiger partial charge is 0.285 e. The third kappa shape index (κ3) is 1.20. The first-order chi connectivity index (χ1) is 6.04. The van der Waals surface area contributed by atoms with Crippen LogP contribution in [0.2, 0.25) is 0 Å². The lowest BCUT2D eigenvalue weighted by Gasteiger charge is -2.17. The van der Waals surface area contributed by atoms with E-state index in [-0.39, 0.29) is 11.7 Å². The van der Waals surface area contributed by atoms with Gasteiger partial charge in [-0.05, 0) is 25.2 Å². The van der Waals surface area contributed by atoms with Crippen LogP contribution in [-0.2, 0) is 7.05 Å². The van der Waals surface area contributed by atoms with E-state index in [1.807, 2.05) is 0 Å². The van der Waals surface area contributed by atoms with Crippen molar-refractivity contribution < 1.29 is 0 Å². The molecule has 4 heteroatoms. The molecule has 1 saturated carbocycles. The fourth-order valence-electron chi connectivity index (χ4n) is 1.57. The summed E-state index contributed by atoms with van der Waals surface area (Å²) < 4.78 is 3.11. The minimum Gasteiger partial charge on any atom is -0.285 e. The van der Waals surface area contributed by atoms with Gasteiger partial charge in [-0.1, -0.05) is 6.92 Å². The van der Waals surface area contributed by atoms with Gasteiger partial charge in [-0.2, -0.15) is 5.10 Å². The maximum atomic E-state index is 11.5. The molecule has 4 nitrogen and oxygen atoms in total. The van der Waals surface area contributed by atoms with Crippen LogP contribution >= 0.6 is 0 Å². The molecule has 1 aromatic heterocycles. The van der Waals surface area contributed by atoms with Crippen LogP contribution in [0.3, 0.4) is 0 Å². The van der Waals surface area contributed by atoms with Crippen molar-refractivity contribution in [1.29, 1.82) is 0 Å². The molecule has 2 rings (SSSR count). The molecule has 0 aromatic carbocycles. The lowest BCUT2D eigenvalue weighted by molar-refractivity contribution is 0.321. The van der Waals surface area contributed by atoms with Gasteiger partial charge in [0, 0.05) is 7.05 Å². The summed E-state index contributed by atoms with van der Waals surface area (Å²) in [5.41, 5.74) is 0.290. The van der Waals surface area contributed by atoms with Gasteiger partial charge in [-0.25, -0.2) is 9.48 Å². The zero-order valence-electron chi connectivity index (χ0n) is 8.32. The van der Waals surface area contributed by atoms with Crippen molar-refractivity contribution in [2.45, 2.75) is 32.7 Å². The van der Waals surface area contributed by atoms with E-state index >= 15 is 0 Å². The second-order valence-electron chi connectivity index (χ2n) is 4.30. The predicted molar refractivity (Wildman–Crippen MR) is 49.5 cm³/mol. The molecule has 1 aliphatic carbocycles. The molecule has 72 valence electrons. The molecule has 1 unspecified atom stereocenters.